The number of benzene rings is 1. The van der Waals surface area contributed by atoms with Crippen LogP contribution in [0.5, 0.6) is 11.5 Å². The van der Waals surface area contributed by atoms with Gasteiger partial charge in [-0.25, -0.2) is 0 Å². The zero-order valence-electron chi connectivity index (χ0n) is 11.7. The highest BCUT2D eigenvalue weighted by molar-refractivity contribution is 5.45. The van der Waals surface area contributed by atoms with Crippen LogP contribution in [0.2, 0.25) is 0 Å². The first-order valence-electron chi connectivity index (χ1n) is 6.65. The molecule has 1 heterocycles. The molecular weight excluding hydrogens is 226 g/mol. The molecule has 100 valence electrons. The van der Waals surface area contributed by atoms with Gasteiger partial charge in [0, 0.05) is 12.6 Å². The first-order chi connectivity index (χ1) is 8.52. The van der Waals surface area contributed by atoms with E-state index in [-0.39, 0.29) is 0 Å². The van der Waals surface area contributed by atoms with Crippen LogP contribution in [0.4, 0.5) is 0 Å². The van der Waals surface area contributed by atoms with Crippen molar-refractivity contribution in [1.29, 1.82) is 0 Å². The van der Waals surface area contributed by atoms with E-state index in [0.717, 1.165) is 18.0 Å². The van der Waals surface area contributed by atoms with Crippen LogP contribution < -0.4 is 14.8 Å². The molecule has 0 spiro atoms. The van der Waals surface area contributed by atoms with Crippen molar-refractivity contribution < 1.29 is 9.47 Å². The normalized spacial score (nSPS) is 15.8. The second-order valence-corrected chi connectivity index (χ2v) is 5.73. The van der Waals surface area contributed by atoms with Gasteiger partial charge >= 0.3 is 0 Å². The summed E-state index contributed by atoms with van der Waals surface area (Å²) in [7, 11) is 0. The summed E-state index contributed by atoms with van der Waals surface area (Å²) in [5.74, 6) is 1.70. The second kappa shape index (κ2) is 5.19. The van der Waals surface area contributed by atoms with E-state index in [2.05, 4.69) is 45.1 Å². The van der Waals surface area contributed by atoms with Crippen LogP contribution in [0, 0.1) is 5.41 Å². The molecule has 18 heavy (non-hydrogen) atoms. The van der Waals surface area contributed by atoms with Crippen LogP contribution in [0.3, 0.4) is 0 Å². The first kappa shape index (κ1) is 13.2. The maximum absolute atomic E-state index is 5.41. The third-order valence-corrected chi connectivity index (χ3v) is 3.74. The van der Waals surface area contributed by atoms with Crippen molar-refractivity contribution in [2.75, 3.05) is 13.3 Å². The van der Waals surface area contributed by atoms with Crippen molar-refractivity contribution in [3.8, 4) is 11.5 Å². The topological polar surface area (TPSA) is 30.5 Å². The average Bonchev–Trinajstić information content (AvgIpc) is 2.83. The summed E-state index contributed by atoms with van der Waals surface area (Å²) >= 11 is 0. The van der Waals surface area contributed by atoms with Gasteiger partial charge in [-0.2, -0.15) is 0 Å². The second-order valence-electron chi connectivity index (χ2n) is 5.73. The van der Waals surface area contributed by atoms with E-state index in [0.29, 0.717) is 18.2 Å². The van der Waals surface area contributed by atoms with Crippen molar-refractivity contribution in [2.45, 2.75) is 40.2 Å². The molecule has 0 fully saturated rings. The van der Waals surface area contributed by atoms with E-state index < -0.39 is 0 Å². The van der Waals surface area contributed by atoms with Crippen LogP contribution in [0.15, 0.2) is 18.2 Å². The van der Waals surface area contributed by atoms with Gasteiger partial charge in [0.1, 0.15) is 0 Å². The molecule has 0 bridgehead atoms. The van der Waals surface area contributed by atoms with Gasteiger partial charge in [-0.3, -0.25) is 0 Å². The van der Waals surface area contributed by atoms with Crippen molar-refractivity contribution in [3.63, 3.8) is 0 Å². The summed E-state index contributed by atoms with van der Waals surface area (Å²) in [5, 5.41) is 3.58. The van der Waals surface area contributed by atoms with Crippen LogP contribution in [-0.2, 0) is 0 Å². The Labute approximate surface area is 109 Å². The van der Waals surface area contributed by atoms with Gasteiger partial charge < -0.3 is 14.8 Å². The lowest BCUT2D eigenvalue weighted by Gasteiger charge is -2.26. The smallest absolute Gasteiger partial charge is 0.231 e. The molecule has 1 N–H and O–H groups in total. The van der Waals surface area contributed by atoms with Crippen LogP contribution in [0.1, 0.15) is 45.7 Å². The fraction of sp³-hybridized carbons (Fsp3) is 0.600. The maximum atomic E-state index is 5.41. The van der Waals surface area contributed by atoms with E-state index in [9.17, 15) is 0 Å². The standard InChI is InChI=1S/C15H23NO2/c1-5-15(3,4)9-16-11(2)12-6-7-13-14(8-12)18-10-17-13/h6-8,11,16H,5,9-10H2,1-4H3. The lowest BCUT2D eigenvalue weighted by Crippen LogP contribution is -2.30. The Kier molecular flexibility index (Phi) is 3.81. The Morgan fingerprint density at radius 2 is 2.00 bits per heavy atom. The summed E-state index contributed by atoms with van der Waals surface area (Å²) in [4.78, 5) is 0. The summed E-state index contributed by atoms with van der Waals surface area (Å²) in [6, 6.07) is 6.48. The van der Waals surface area contributed by atoms with Crippen molar-refractivity contribution in [2.24, 2.45) is 5.41 Å². The summed E-state index contributed by atoms with van der Waals surface area (Å²) in [5.41, 5.74) is 1.58. The lowest BCUT2D eigenvalue weighted by molar-refractivity contribution is 0.174. The van der Waals surface area contributed by atoms with E-state index in [1.807, 2.05) is 6.07 Å². The average molecular weight is 249 g/mol. The number of hydrogen-bond acceptors (Lipinski definition) is 3. The van der Waals surface area contributed by atoms with Crippen molar-refractivity contribution in [3.05, 3.63) is 23.8 Å². The molecular formula is C15H23NO2. The third-order valence-electron chi connectivity index (χ3n) is 3.74. The summed E-state index contributed by atoms with van der Waals surface area (Å²) in [6.45, 7) is 10.3. The molecule has 0 saturated carbocycles. The van der Waals surface area contributed by atoms with E-state index >= 15 is 0 Å². The highest BCUT2D eigenvalue weighted by Crippen LogP contribution is 2.34. The minimum atomic E-state index is 0.324. The van der Waals surface area contributed by atoms with Gasteiger partial charge in [-0.15, -0.1) is 0 Å². The predicted octanol–water partition coefficient (Wildman–Crippen LogP) is 3.50. The molecule has 0 aromatic heterocycles. The molecule has 0 aliphatic carbocycles. The predicted molar refractivity (Wildman–Crippen MR) is 73.1 cm³/mol. The van der Waals surface area contributed by atoms with E-state index in [1.165, 1.54) is 12.0 Å². The zero-order valence-corrected chi connectivity index (χ0v) is 11.7. The van der Waals surface area contributed by atoms with Gasteiger partial charge in [0.05, 0.1) is 0 Å². The Morgan fingerprint density at radius 3 is 2.72 bits per heavy atom. The highest BCUT2D eigenvalue weighted by Gasteiger charge is 2.18. The maximum Gasteiger partial charge on any atom is 0.231 e. The van der Waals surface area contributed by atoms with Gasteiger partial charge in [0.25, 0.3) is 0 Å². The number of ether oxygens (including phenoxy) is 2. The molecule has 1 aliphatic rings. The SMILES string of the molecule is CCC(C)(C)CNC(C)c1ccc2c(c1)OCO2. The molecule has 2 rings (SSSR count). The number of nitrogens with one attached hydrogen (secondary N) is 1. The molecule has 0 saturated heterocycles. The molecule has 0 radical (unpaired) electrons. The van der Waals surface area contributed by atoms with Gasteiger partial charge in [-0.05, 0) is 36.5 Å². The molecule has 1 aliphatic heterocycles. The molecule has 3 nitrogen and oxygen atoms in total. The van der Waals surface area contributed by atoms with E-state index in [1.54, 1.807) is 0 Å². The minimum absolute atomic E-state index is 0.324. The Hall–Kier alpha value is -1.22. The van der Waals surface area contributed by atoms with E-state index in [4.69, 9.17) is 9.47 Å². The highest BCUT2D eigenvalue weighted by atomic mass is 16.7. The molecule has 3 heteroatoms. The third kappa shape index (κ3) is 2.96. The Morgan fingerprint density at radius 1 is 1.28 bits per heavy atom. The number of hydrogen-bond donors (Lipinski definition) is 1. The summed E-state index contributed by atoms with van der Waals surface area (Å²) < 4.78 is 10.7. The van der Waals surface area contributed by atoms with Gasteiger partial charge in [0.2, 0.25) is 6.79 Å². The largest absolute Gasteiger partial charge is 0.454 e. The van der Waals surface area contributed by atoms with Crippen molar-refractivity contribution >= 4 is 0 Å². The number of rotatable bonds is 5. The fourth-order valence-electron chi connectivity index (χ4n) is 1.85. The Bertz CT molecular complexity index is 415. The van der Waals surface area contributed by atoms with Crippen LogP contribution in [0.25, 0.3) is 0 Å². The van der Waals surface area contributed by atoms with Crippen LogP contribution >= 0.6 is 0 Å². The number of fused-ring (bicyclic) bond motifs is 1. The Balaban J connectivity index is 1.99. The molecule has 1 unspecified atom stereocenters. The monoisotopic (exact) mass is 249 g/mol. The van der Waals surface area contributed by atoms with Crippen LogP contribution in [-0.4, -0.2) is 13.3 Å². The molecule has 1 aromatic carbocycles. The zero-order chi connectivity index (χ0) is 13.2. The molecule has 0 amide bonds. The molecule has 1 aromatic rings. The van der Waals surface area contributed by atoms with Crippen molar-refractivity contribution in [1.82, 2.24) is 5.32 Å². The molecule has 1 atom stereocenters. The lowest BCUT2D eigenvalue weighted by atomic mass is 9.90. The first-order valence-corrected chi connectivity index (χ1v) is 6.65. The quantitative estimate of drug-likeness (QED) is 0.866. The summed E-state index contributed by atoms with van der Waals surface area (Å²) in [6.07, 6.45) is 1.17. The van der Waals surface area contributed by atoms with Gasteiger partial charge in [-0.1, -0.05) is 26.8 Å². The fourth-order valence-corrected chi connectivity index (χ4v) is 1.85. The minimum Gasteiger partial charge on any atom is -0.454 e. The van der Waals surface area contributed by atoms with Gasteiger partial charge in [0.15, 0.2) is 11.5 Å².